The second kappa shape index (κ2) is 8.86. The van der Waals surface area contributed by atoms with E-state index in [1.165, 1.54) is 36.3 Å². The van der Waals surface area contributed by atoms with Crippen LogP contribution in [0.3, 0.4) is 0 Å². The van der Waals surface area contributed by atoms with Gasteiger partial charge in [0.05, 0.1) is 24.1 Å². The molecule has 3 rings (SSSR count). The normalized spacial score (nSPS) is 16.5. The Morgan fingerprint density at radius 1 is 1.13 bits per heavy atom. The summed E-state index contributed by atoms with van der Waals surface area (Å²) in [6, 6.07) is 11.3. The summed E-state index contributed by atoms with van der Waals surface area (Å²) in [6.07, 6.45) is 0.0155. The molecule has 0 bridgehead atoms. The van der Waals surface area contributed by atoms with Crippen LogP contribution >= 0.6 is 0 Å². The lowest BCUT2D eigenvalue weighted by Crippen LogP contribution is -2.44. The van der Waals surface area contributed by atoms with Gasteiger partial charge in [-0.25, -0.2) is 18.5 Å². The van der Waals surface area contributed by atoms with Crippen LogP contribution in [0.4, 0.5) is 5.69 Å². The molecular formula is C21H23N3O6S. The van der Waals surface area contributed by atoms with Gasteiger partial charge in [-0.15, -0.1) is 0 Å². The summed E-state index contributed by atoms with van der Waals surface area (Å²) in [5, 5.41) is 5.11. The highest BCUT2D eigenvalue weighted by Crippen LogP contribution is 2.28. The van der Waals surface area contributed by atoms with Gasteiger partial charge in [0, 0.05) is 13.0 Å². The molecule has 2 aromatic rings. The number of hydrogen-bond acceptors (Lipinski definition) is 6. The van der Waals surface area contributed by atoms with Crippen molar-refractivity contribution in [3.63, 3.8) is 0 Å². The zero-order chi connectivity index (χ0) is 22.8. The molecule has 0 aliphatic carbocycles. The van der Waals surface area contributed by atoms with Gasteiger partial charge in [0.15, 0.2) is 0 Å². The summed E-state index contributed by atoms with van der Waals surface area (Å²) in [7, 11) is -2.32. The molecule has 0 radical (unpaired) electrons. The van der Waals surface area contributed by atoms with E-state index in [-0.39, 0.29) is 30.2 Å². The van der Waals surface area contributed by atoms with Crippen LogP contribution in [-0.2, 0) is 31.0 Å². The molecule has 1 aliphatic rings. The minimum absolute atomic E-state index is 0.0533. The highest BCUT2D eigenvalue weighted by molar-refractivity contribution is 7.89. The van der Waals surface area contributed by atoms with Crippen LogP contribution in [0.5, 0.6) is 5.75 Å². The van der Waals surface area contributed by atoms with Crippen LogP contribution in [0.15, 0.2) is 53.4 Å². The molecule has 2 N–H and O–H groups in total. The molecule has 0 aromatic heterocycles. The second-order valence-corrected chi connectivity index (χ2v) is 8.61. The van der Waals surface area contributed by atoms with Gasteiger partial charge < -0.3 is 9.64 Å². The monoisotopic (exact) mass is 445 g/mol. The third kappa shape index (κ3) is 4.75. The van der Waals surface area contributed by atoms with E-state index in [1.807, 2.05) is 0 Å². The van der Waals surface area contributed by atoms with Gasteiger partial charge in [-0.3, -0.25) is 14.4 Å². The van der Waals surface area contributed by atoms with E-state index in [0.29, 0.717) is 17.0 Å². The first-order chi connectivity index (χ1) is 14.7. The number of nitrogens with zero attached hydrogens (tertiary/aromatic N) is 2. The van der Waals surface area contributed by atoms with Gasteiger partial charge in [0.1, 0.15) is 11.8 Å². The molecule has 0 spiro atoms. The topological polar surface area (TPSA) is 127 Å². The van der Waals surface area contributed by atoms with Crippen molar-refractivity contribution < 1.29 is 27.5 Å². The number of ether oxygens (including phenoxy) is 1. The Bertz CT molecular complexity index is 1100. The maximum Gasteiger partial charge on any atom is 0.257 e. The predicted molar refractivity (Wildman–Crippen MR) is 113 cm³/mol. The minimum Gasteiger partial charge on any atom is -0.497 e. The van der Waals surface area contributed by atoms with Crippen molar-refractivity contribution in [3.05, 3.63) is 54.1 Å². The maximum absolute atomic E-state index is 13.1. The number of imide groups is 1. The van der Waals surface area contributed by atoms with E-state index in [2.05, 4.69) is 0 Å². The molecule has 0 unspecified atom stereocenters. The Hall–Kier alpha value is -3.24. The van der Waals surface area contributed by atoms with E-state index in [0.717, 1.165) is 4.90 Å². The molecule has 31 heavy (non-hydrogen) atoms. The maximum atomic E-state index is 13.1. The standard InChI is InChI=1S/C21H23N3O6S/c1-3-19(25)23(13-14-4-10-17(11-5-14)31(22,28)29)18-12-20(26)24(21(18)27)15-6-8-16(30-2)9-7-15/h4-11,18H,3,12-13H2,1-2H3,(H2,22,28,29)/t18-/m1/s1. The summed E-state index contributed by atoms with van der Waals surface area (Å²) in [5.74, 6) is -0.597. The number of carbonyl (C=O) groups excluding carboxylic acids is 3. The first-order valence-electron chi connectivity index (χ1n) is 9.57. The van der Waals surface area contributed by atoms with Gasteiger partial charge in [-0.05, 0) is 42.0 Å². The largest absolute Gasteiger partial charge is 0.497 e. The van der Waals surface area contributed by atoms with Crippen molar-refractivity contribution in [2.24, 2.45) is 5.14 Å². The lowest BCUT2D eigenvalue weighted by molar-refractivity contribution is -0.138. The first-order valence-corrected chi connectivity index (χ1v) is 11.1. The van der Waals surface area contributed by atoms with Crippen molar-refractivity contribution in [3.8, 4) is 5.75 Å². The average molecular weight is 445 g/mol. The summed E-state index contributed by atoms with van der Waals surface area (Å²) in [6.45, 7) is 1.72. The summed E-state index contributed by atoms with van der Waals surface area (Å²) in [4.78, 5) is 40.7. The number of amides is 3. The zero-order valence-electron chi connectivity index (χ0n) is 17.1. The Morgan fingerprint density at radius 3 is 2.26 bits per heavy atom. The fourth-order valence-electron chi connectivity index (χ4n) is 3.42. The number of hydrogen-bond donors (Lipinski definition) is 1. The fraction of sp³-hybridized carbons (Fsp3) is 0.286. The lowest BCUT2D eigenvalue weighted by Gasteiger charge is -2.27. The van der Waals surface area contributed by atoms with Gasteiger partial charge in [-0.2, -0.15) is 0 Å². The number of sulfonamides is 1. The number of methoxy groups -OCH3 is 1. The Kier molecular flexibility index (Phi) is 6.42. The van der Waals surface area contributed by atoms with Crippen molar-refractivity contribution in [2.75, 3.05) is 12.0 Å². The van der Waals surface area contributed by atoms with E-state index in [4.69, 9.17) is 9.88 Å². The summed E-state index contributed by atoms with van der Waals surface area (Å²) >= 11 is 0. The molecule has 1 aliphatic heterocycles. The quantitative estimate of drug-likeness (QED) is 0.642. The highest BCUT2D eigenvalue weighted by Gasteiger charge is 2.44. The van der Waals surface area contributed by atoms with Crippen LogP contribution in [0, 0.1) is 0 Å². The highest BCUT2D eigenvalue weighted by atomic mass is 32.2. The smallest absolute Gasteiger partial charge is 0.257 e. The number of carbonyl (C=O) groups is 3. The first kappa shape index (κ1) is 22.4. The van der Waals surface area contributed by atoms with E-state index in [9.17, 15) is 22.8 Å². The van der Waals surface area contributed by atoms with Gasteiger partial charge in [0.25, 0.3) is 5.91 Å². The van der Waals surface area contributed by atoms with Crippen LogP contribution in [0.1, 0.15) is 25.3 Å². The van der Waals surface area contributed by atoms with E-state index in [1.54, 1.807) is 31.2 Å². The fourth-order valence-corrected chi connectivity index (χ4v) is 3.93. The molecule has 2 aromatic carbocycles. The Balaban J connectivity index is 1.86. The molecular weight excluding hydrogens is 422 g/mol. The van der Waals surface area contributed by atoms with Gasteiger partial charge >= 0.3 is 0 Å². The Labute approximate surface area is 180 Å². The van der Waals surface area contributed by atoms with E-state index < -0.39 is 27.9 Å². The van der Waals surface area contributed by atoms with E-state index >= 15 is 0 Å². The SMILES string of the molecule is CCC(=O)N(Cc1ccc(S(N)(=O)=O)cc1)[C@@H]1CC(=O)N(c2ccc(OC)cc2)C1=O. The second-order valence-electron chi connectivity index (χ2n) is 7.05. The molecule has 1 fully saturated rings. The molecule has 1 atom stereocenters. The number of anilines is 1. The third-order valence-electron chi connectivity index (χ3n) is 5.06. The van der Waals surface area contributed by atoms with Crippen molar-refractivity contribution in [1.82, 2.24) is 4.90 Å². The van der Waals surface area contributed by atoms with Crippen molar-refractivity contribution in [1.29, 1.82) is 0 Å². The molecule has 0 saturated carbocycles. The number of primary sulfonamides is 1. The number of benzene rings is 2. The summed E-state index contributed by atoms with van der Waals surface area (Å²) in [5.41, 5.74) is 1.01. The Morgan fingerprint density at radius 2 is 1.74 bits per heavy atom. The van der Waals surface area contributed by atoms with Crippen molar-refractivity contribution in [2.45, 2.75) is 37.2 Å². The molecule has 164 valence electrons. The molecule has 9 nitrogen and oxygen atoms in total. The summed E-state index contributed by atoms with van der Waals surface area (Å²) < 4.78 is 28.0. The molecule has 1 heterocycles. The van der Waals surface area contributed by atoms with Crippen molar-refractivity contribution >= 4 is 33.4 Å². The van der Waals surface area contributed by atoms with Crippen LogP contribution in [-0.4, -0.2) is 44.2 Å². The zero-order valence-corrected chi connectivity index (χ0v) is 18.0. The van der Waals surface area contributed by atoms with Gasteiger partial charge in [-0.1, -0.05) is 19.1 Å². The predicted octanol–water partition coefficient (Wildman–Crippen LogP) is 1.41. The molecule has 3 amide bonds. The van der Waals surface area contributed by atoms with Crippen LogP contribution in [0.25, 0.3) is 0 Å². The number of nitrogens with two attached hydrogens (primary N) is 1. The number of rotatable bonds is 7. The molecule has 1 saturated heterocycles. The lowest BCUT2D eigenvalue weighted by atomic mass is 10.1. The molecule has 10 heteroatoms. The third-order valence-corrected chi connectivity index (χ3v) is 5.99. The van der Waals surface area contributed by atoms with Crippen LogP contribution in [0.2, 0.25) is 0 Å². The van der Waals surface area contributed by atoms with Gasteiger partial charge in [0.2, 0.25) is 21.8 Å². The average Bonchev–Trinajstić information content (AvgIpc) is 3.05. The van der Waals surface area contributed by atoms with Crippen LogP contribution < -0.4 is 14.8 Å². The minimum atomic E-state index is -3.84.